The Kier molecular flexibility index (Phi) is 6.59. The molecule has 3 aromatic rings. The molecule has 0 radical (unpaired) electrons. The standard InChI is InChI=1S/C23H19F3N2O3/c1-15(29)27-20-11-10-18(23(24,25)26)13-21(20)28-22(30)17-8-5-9-19(12-17)31-14-16-6-3-2-4-7-16/h2-13H,14H2,1H3,(H,27,29)(H,28,30). The lowest BCUT2D eigenvalue weighted by molar-refractivity contribution is -0.137. The summed E-state index contributed by atoms with van der Waals surface area (Å²) < 4.78 is 44.9. The monoisotopic (exact) mass is 428 g/mol. The number of carbonyl (C=O) groups is 2. The molecular weight excluding hydrogens is 409 g/mol. The van der Waals surface area contributed by atoms with Crippen molar-refractivity contribution in [2.24, 2.45) is 0 Å². The molecule has 0 heterocycles. The third-order valence-electron chi connectivity index (χ3n) is 4.25. The summed E-state index contributed by atoms with van der Waals surface area (Å²) in [6, 6.07) is 18.4. The maximum Gasteiger partial charge on any atom is 0.416 e. The molecule has 0 atom stereocenters. The minimum Gasteiger partial charge on any atom is -0.489 e. The summed E-state index contributed by atoms with van der Waals surface area (Å²) >= 11 is 0. The zero-order valence-corrected chi connectivity index (χ0v) is 16.5. The molecular formula is C23H19F3N2O3. The third kappa shape index (κ3) is 6.08. The molecule has 0 aliphatic rings. The Labute approximate surface area is 176 Å². The summed E-state index contributed by atoms with van der Waals surface area (Å²) in [5, 5.41) is 4.85. The highest BCUT2D eigenvalue weighted by molar-refractivity contribution is 6.07. The molecule has 31 heavy (non-hydrogen) atoms. The number of amides is 2. The van der Waals surface area contributed by atoms with Crippen molar-refractivity contribution in [2.75, 3.05) is 10.6 Å². The number of ether oxygens (including phenoxy) is 1. The van der Waals surface area contributed by atoms with Gasteiger partial charge in [-0.25, -0.2) is 0 Å². The zero-order chi connectivity index (χ0) is 22.4. The summed E-state index contributed by atoms with van der Waals surface area (Å²) in [6.07, 6.45) is -4.60. The fourth-order valence-electron chi connectivity index (χ4n) is 2.79. The molecule has 0 saturated heterocycles. The Morgan fingerprint density at radius 1 is 0.871 bits per heavy atom. The Balaban J connectivity index is 1.79. The summed E-state index contributed by atoms with van der Waals surface area (Å²) in [5.41, 5.74) is 0.0887. The van der Waals surface area contributed by atoms with Crippen molar-refractivity contribution in [3.8, 4) is 5.75 Å². The largest absolute Gasteiger partial charge is 0.489 e. The lowest BCUT2D eigenvalue weighted by Gasteiger charge is -2.15. The fraction of sp³-hybridized carbons (Fsp3) is 0.130. The first-order valence-corrected chi connectivity index (χ1v) is 9.29. The van der Waals surface area contributed by atoms with Gasteiger partial charge >= 0.3 is 6.18 Å². The van der Waals surface area contributed by atoms with E-state index >= 15 is 0 Å². The van der Waals surface area contributed by atoms with Crippen molar-refractivity contribution in [3.63, 3.8) is 0 Å². The molecule has 0 aliphatic carbocycles. The van der Waals surface area contributed by atoms with Gasteiger partial charge in [0.1, 0.15) is 12.4 Å². The van der Waals surface area contributed by atoms with Crippen LogP contribution >= 0.6 is 0 Å². The number of alkyl halides is 3. The number of nitrogens with one attached hydrogen (secondary N) is 2. The van der Waals surface area contributed by atoms with E-state index in [9.17, 15) is 22.8 Å². The van der Waals surface area contributed by atoms with Gasteiger partial charge in [-0.2, -0.15) is 13.2 Å². The van der Waals surface area contributed by atoms with Gasteiger partial charge in [0.15, 0.2) is 0 Å². The minimum absolute atomic E-state index is 0.0605. The van der Waals surface area contributed by atoms with Crippen molar-refractivity contribution in [1.82, 2.24) is 0 Å². The molecule has 2 N–H and O–H groups in total. The first kappa shape index (κ1) is 21.9. The second kappa shape index (κ2) is 9.34. The zero-order valence-electron chi connectivity index (χ0n) is 16.5. The van der Waals surface area contributed by atoms with E-state index in [1.807, 2.05) is 30.3 Å². The Morgan fingerprint density at radius 3 is 2.29 bits per heavy atom. The SMILES string of the molecule is CC(=O)Nc1ccc(C(F)(F)F)cc1NC(=O)c1cccc(OCc2ccccc2)c1. The molecule has 0 unspecified atom stereocenters. The van der Waals surface area contributed by atoms with Gasteiger partial charge in [0.2, 0.25) is 5.91 Å². The van der Waals surface area contributed by atoms with Crippen LogP contribution in [0.2, 0.25) is 0 Å². The number of carbonyl (C=O) groups excluding carboxylic acids is 2. The van der Waals surface area contributed by atoms with Crippen LogP contribution in [0.5, 0.6) is 5.75 Å². The number of anilines is 2. The highest BCUT2D eigenvalue weighted by Crippen LogP contribution is 2.34. The quantitative estimate of drug-likeness (QED) is 0.545. The third-order valence-corrected chi connectivity index (χ3v) is 4.25. The van der Waals surface area contributed by atoms with Gasteiger partial charge in [-0.3, -0.25) is 9.59 Å². The molecule has 0 fully saturated rings. The van der Waals surface area contributed by atoms with E-state index < -0.39 is 23.6 Å². The smallest absolute Gasteiger partial charge is 0.416 e. The highest BCUT2D eigenvalue weighted by atomic mass is 19.4. The maximum atomic E-state index is 13.1. The van der Waals surface area contributed by atoms with Gasteiger partial charge in [-0.05, 0) is 42.0 Å². The van der Waals surface area contributed by atoms with Gasteiger partial charge in [-0.1, -0.05) is 36.4 Å². The van der Waals surface area contributed by atoms with Crippen LogP contribution in [0, 0.1) is 0 Å². The van der Waals surface area contributed by atoms with Gasteiger partial charge < -0.3 is 15.4 Å². The van der Waals surface area contributed by atoms with E-state index in [0.717, 1.165) is 23.8 Å². The normalized spacial score (nSPS) is 11.0. The van der Waals surface area contributed by atoms with Crippen LogP contribution < -0.4 is 15.4 Å². The van der Waals surface area contributed by atoms with Gasteiger partial charge in [0.25, 0.3) is 5.91 Å². The van der Waals surface area contributed by atoms with Crippen LogP contribution in [-0.4, -0.2) is 11.8 Å². The van der Waals surface area contributed by atoms with E-state index in [-0.39, 0.29) is 16.9 Å². The van der Waals surface area contributed by atoms with Crippen molar-refractivity contribution in [2.45, 2.75) is 19.7 Å². The van der Waals surface area contributed by atoms with Crippen LogP contribution in [0.3, 0.4) is 0 Å². The molecule has 0 saturated carbocycles. The van der Waals surface area contributed by atoms with Crippen molar-refractivity contribution >= 4 is 23.2 Å². The van der Waals surface area contributed by atoms with Crippen LogP contribution in [-0.2, 0) is 17.6 Å². The summed E-state index contributed by atoms with van der Waals surface area (Å²) in [4.78, 5) is 24.1. The summed E-state index contributed by atoms with van der Waals surface area (Å²) in [6.45, 7) is 1.52. The molecule has 0 spiro atoms. The minimum atomic E-state index is -4.60. The maximum absolute atomic E-state index is 13.1. The van der Waals surface area contributed by atoms with Gasteiger partial charge in [0, 0.05) is 12.5 Å². The van der Waals surface area contributed by atoms with Gasteiger partial charge in [-0.15, -0.1) is 0 Å². The first-order chi connectivity index (χ1) is 14.7. The Bertz CT molecular complexity index is 1080. The second-order valence-electron chi connectivity index (χ2n) is 6.70. The summed E-state index contributed by atoms with van der Waals surface area (Å²) in [7, 11) is 0. The molecule has 5 nitrogen and oxygen atoms in total. The first-order valence-electron chi connectivity index (χ1n) is 9.29. The fourth-order valence-corrected chi connectivity index (χ4v) is 2.79. The molecule has 2 amide bonds. The van der Waals surface area contributed by atoms with Crippen molar-refractivity contribution < 1.29 is 27.5 Å². The Hall–Kier alpha value is -3.81. The molecule has 0 aromatic heterocycles. The number of halogens is 3. The van der Waals surface area contributed by atoms with E-state index in [1.165, 1.54) is 19.1 Å². The van der Waals surface area contributed by atoms with Crippen molar-refractivity contribution in [1.29, 1.82) is 0 Å². The molecule has 0 aliphatic heterocycles. The number of hydrogen-bond acceptors (Lipinski definition) is 3. The van der Waals surface area contributed by atoms with E-state index in [1.54, 1.807) is 12.1 Å². The van der Waals surface area contributed by atoms with E-state index in [2.05, 4.69) is 10.6 Å². The average molecular weight is 428 g/mol. The van der Waals surface area contributed by atoms with Crippen LogP contribution in [0.25, 0.3) is 0 Å². The molecule has 0 bridgehead atoms. The molecule has 8 heteroatoms. The number of benzene rings is 3. The van der Waals surface area contributed by atoms with Crippen LogP contribution in [0.15, 0.2) is 72.8 Å². The summed E-state index contributed by atoms with van der Waals surface area (Å²) in [5.74, 6) is -0.690. The van der Waals surface area contributed by atoms with E-state index in [4.69, 9.17) is 4.74 Å². The molecule has 3 rings (SSSR count). The number of hydrogen-bond donors (Lipinski definition) is 2. The van der Waals surface area contributed by atoms with Gasteiger partial charge in [0.05, 0.1) is 16.9 Å². The van der Waals surface area contributed by atoms with Crippen molar-refractivity contribution in [3.05, 3.63) is 89.5 Å². The van der Waals surface area contributed by atoms with E-state index in [0.29, 0.717) is 12.4 Å². The predicted octanol–water partition coefficient (Wildman–Crippen LogP) is 5.50. The predicted molar refractivity (Wildman–Crippen MR) is 111 cm³/mol. The second-order valence-corrected chi connectivity index (χ2v) is 6.70. The topological polar surface area (TPSA) is 67.4 Å². The Morgan fingerprint density at radius 2 is 1.61 bits per heavy atom. The van der Waals surface area contributed by atoms with Crippen LogP contribution in [0.4, 0.5) is 24.5 Å². The van der Waals surface area contributed by atoms with Crippen LogP contribution in [0.1, 0.15) is 28.4 Å². The lowest BCUT2D eigenvalue weighted by Crippen LogP contribution is -2.16. The highest BCUT2D eigenvalue weighted by Gasteiger charge is 2.31. The lowest BCUT2D eigenvalue weighted by atomic mass is 10.1. The average Bonchev–Trinajstić information content (AvgIpc) is 2.73. The number of rotatable bonds is 6. The molecule has 3 aromatic carbocycles. The molecule has 160 valence electrons.